The summed E-state index contributed by atoms with van der Waals surface area (Å²) in [7, 11) is 1.77. The molecule has 58 valence electrons. The second kappa shape index (κ2) is 2.68. The fraction of sp³-hybridized carbons (Fsp3) is 0.857. The van der Waals surface area contributed by atoms with Crippen LogP contribution < -0.4 is 5.32 Å². The van der Waals surface area contributed by atoms with E-state index in [0.29, 0.717) is 6.42 Å². The zero-order chi connectivity index (χ0) is 7.72. The Bertz CT molecular complexity index is 147. The number of hydrogen-bond acceptors (Lipinski definition) is 3. The molecule has 0 aromatic rings. The van der Waals surface area contributed by atoms with Crippen LogP contribution in [0.5, 0.6) is 0 Å². The number of carbonyl (C=O) groups excluding carboxylic acids is 1. The summed E-state index contributed by atoms with van der Waals surface area (Å²) in [6.45, 7) is 1.57. The summed E-state index contributed by atoms with van der Waals surface area (Å²) >= 11 is 0. The highest BCUT2D eigenvalue weighted by molar-refractivity contribution is 5.80. The van der Waals surface area contributed by atoms with Crippen LogP contribution in [0, 0.1) is 5.92 Å². The van der Waals surface area contributed by atoms with Crippen molar-refractivity contribution in [3.05, 3.63) is 0 Å². The van der Waals surface area contributed by atoms with E-state index in [2.05, 4.69) is 5.32 Å². The van der Waals surface area contributed by atoms with E-state index in [-0.39, 0.29) is 23.8 Å². The predicted octanol–water partition coefficient (Wildman–Crippen LogP) is -0.456. The van der Waals surface area contributed by atoms with Gasteiger partial charge in [-0.05, 0) is 20.4 Å². The fourth-order valence-electron chi connectivity index (χ4n) is 1.44. The van der Waals surface area contributed by atoms with Gasteiger partial charge in [0.15, 0.2) is 0 Å². The van der Waals surface area contributed by atoms with Crippen molar-refractivity contribution < 1.29 is 9.90 Å². The Morgan fingerprint density at radius 2 is 2.30 bits per heavy atom. The first kappa shape index (κ1) is 7.69. The molecule has 3 nitrogen and oxygen atoms in total. The fourth-order valence-corrected chi connectivity index (χ4v) is 1.44. The molecule has 1 saturated carbocycles. The van der Waals surface area contributed by atoms with Gasteiger partial charge in [-0.15, -0.1) is 0 Å². The highest BCUT2D eigenvalue weighted by Gasteiger charge is 2.41. The SMILES string of the molecule is CN[C@@H]1[C@@H](C(C)=O)C[C@@H]1O. The van der Waals surface area contributed by atoms with Gasteiger partial charge in [0.25, 0.3) is 0 Å². The van der Waals surface area contributed by atoms with Crippen molar-refractivity contribution in [2.75, 3.05) is 7.05 Å². The smallest absolute Gasteiger partial charge is 0.134 e. The van der Waals surface area contributed by atoms with Crippen molar-refractivity contribution in [3.63, 3.8) is 0 Å². The van der Waals surface area contributed by atoms with E-state index >= 15 is 0 Å². The van der Waals surface area contributed by atoms with Crippen LogP contribution in [-0.4, -0.2) is 30.1 Å². The summed E-state index contributed by atoms with van der Waals surface area (Å²) in [6, 6.07) is -0.00231. The zero-order valence-corrected chi connectivity index (χ0v) is 6.29. The highest BCUT2D eigenvalue weighted by Crippen LogP contribution is 2.28. The zero-order valence-electron chi connectivity index (χ0n) is 6.29. The summed E-state index contributed by atoms with van der Waals surface area (Å²) in [4.78, 5) is 10.8. The van der Waals surface area contributed by atoms with Crippen LogP contribution in [0.1, 0.15) is 13.3 Å². The molecule has 1 rings (SSSR count). The van der Waals surface area contributed by atoms with E-state index in [1.165, 1.54) is 0 Å². The van der Waals surface area contributed by atoms with E-state index in [4.69, 9.17) is 5.11 Å². The van der Waals surface area contributed by atoms with E-state index in [1.807, 2.05) is 0 Å². The maximum Gasteiger partial charge on any atom is 0.134 e. The van der Waals surface area contributed by atoms with Gasteiger partial charge >= 0.3 is 0 Å². The highest BCUT2D eigenvalue weighted by atomic mass is 16.3. The maximum absolute atomic E-state index is 10.8. The molecule has 0 saturated heterocycles. The number of likely N-dealkylation sites (N-methyl/N-ethyl adjacent to an activating group) is 1. The number of aliphatic hydroxyl groups excluding tert-OH is 1. The Labute approximate surface area is 60.4 Å². The average molecular weight is 143 g/mol. The molecule has 2 N–H and O–H groups in total. The summed E-state index contributed by atoms with van der Waals surface area (Å²) in [5.41, 5.74) is 0. The van der Waals surface area contributed by atoms with Gasteiger partial charge in [-0.2, -0.15) is 0 Å². The van der Waals surface area contributed by atoms with E-state index in [1.54, 1.807) is 14.0 Å². The van der Waals surface area contributed by atoms with Crippen molar-refractivity contribution in [2.45, 2.75) is 25.5 Å². The monoisotopic (exact) mass is 143 g/mol. The topological polar surface area (TPSA) is 49.3 Å². The molecule has 0 aromatic carbocycles. The second-order valence-corrected chi connectivity index (χ2v) is 2.83. The molecular formula is C7H13NO2. The normalized spacial score (nSPS) is 38.9. The Morgan fingerprint density at radius 1 is 1.70 bits per heavy atom. The van der Waals surface area contributed by atoms with Crippen LogP contribution in [0.25, 0.3) is 0 Å². The standard InChI is InChI=1S/C7H13NO2/c1-4(9)5-3-6(10)7(5)8-2/h5-8,10H,3H2,1-2H3/t5-,6+,7-/m1/s1. The van der Waals surface area contributed by atoms with Gasteiger partial charge < -0.3 is 10.4 Å². The molecule has 1 aliphatic carbocycles. The van der Waals surface area contributed by atoms with Gasteiger partial charge in [-0.1, -0.05) is 0 Å². The maximum atomic E-state index is 10.8. The van der Waals surface area contributed by atoms with Crippen molar-refractivity contribution in [1.82, 2.24) is 5.32 Å². The predicted molar refractivity (Wildman–Crippen MR) is 37.6 cm³/mol. The molecule has 10 heavy (non-hydrogen) atoms. The minimum atomic E-state index is -0.320. The third kappa shape index (κ3) is 1.07. The Hall–Kier alpha value is -0.410. The minimum Gasteiger partial charge on any atom is -0.391 e. The third-order valence-corrected chi connectivity index (χ3v) is 2.20. The van der Waals surface area contributed by atoms with Gasteiger partial charge in [0.05, 0.1) is 6.10 Å². The summed E-state index contributed by atoms with van der Waals surface area (Å²) in [5.74, 6) is 0.213. The van der Waals surface area contributed by atoms with E-state index < -0.39 is 0 Å². The molecule has 1 aliphatic rings. The van der Waals surface area contributed by atoms with Crippen LogP contribution in [-0.2, 0) is 4.79 Å². The number of ketones is 1. The molecule has 1 fully saturated rings. The lowest BCUT2D eigenvalue weighted by Crippen LogP contribution is -2.56. The first-order valence-corrected chi connectivity index (χ1v) is 3.52. The molecule has 0 aromatic heterocycles. The summed E-state index contributed by atoms with van der Waals surface area (Å²) in [6.07, 6.45) is 0.305. The van der Waals surface area contributed by atoms with Crippen molar-refractivity contribution in [2.24, 2.45) is 5.92 Å². The molecule has 0 bridgehead atoms. The van der Waals surface area contributed by atoms with Gasteiger partial charge in [-0.25, -0.2) is 0 Å². The largest absolute Gasteiger partial charge is 0.391 e. The Balaban J connectivity index is 2.45. The Morgan fingerprint density at radius 3 is 2.50 bits per heavy atom. The molecule has 3 atom stereocenters. The minimum absolute atomic E-state index is 0.00231. The molecule has 3 heteroatoms. The summed E-state index contributed by atoms with van der Waals surface area (Å²) < 4.78 is 0. The van der Waals surface area contributed by atoms with Gasteiger partial charge in [0.2, 0.25) is 0 Å². The molecule has 0 amide bonds. The number of Topliss-reactive ketones (excluding diaryl/α,β-unsaturated/α-hetero) is 1. The van der Waals surface area contributed by atoms with Gasteiger partial charge in [-0.3, -0.25) is 4.79 Å². The molecule has 0 heterocycles. The lowest BCUT2D eigenvalue weighted by Gasteiger charge is -2.39. The third-order valence-electron chi connectivity index (χ3n) is 2.20. The molecule has 0 radical (unpaired) electrons. The molecule has 0 aliphatic heterocycles. The number of nitrogens with one attached hydrogen (secondary N) is 1. The van der Waals surface area contributed by atoms with Crippen LogP contribution in [0.2, 0.25) is 0 Å². The van der Waals surface area contributed by atoms with Crippen molar-refractivity contribution >= 4 is 5.78 Å². The van der Waals surface area contributed by atoms with Gasteiger partial charge in [0, 0.05) is 12.0 Å². The number of aliphatic hydroxyl groups is 1. The van der Waals surface area contributed by atoms with E-state index in [9.17, 15) is 4.79 Å². The first-order chi connectivity index (χ1) is 4.66. The second-order valence-electron chi connectivity index (χ2n) is 2.83. The number of rotatable bonds is 2. The lowest BCUT2D eigenvalue weighted by atomic mass is 9.74. The molecule has 0 spiro atoms. The molecule has 0 unspecified atom stereocenters. The molecular weight excluding hydrogens is 130 g/mol. The van der Waals surface area contributed by atoms with Gasteiger partial charge in [0.1, 0.15) is 5.78 Å². The lowest BCUT2D eigenvalue weighted by molar-refractivity contribution is -0.129. The first-order valence-electron chi connectivity index (χ1n) is 3.52. The van der Waals surface area contributed by atoms with E-state index in [0.717, 1.165) is 0 Å². The number of carbonyl (C=O) groups is 1. The quantitative estimate of drug-likeness (QED) is 0.550. The number of hydrogen-bond donors (Lipinski definition) is 2. The van der Waals surface area contributed by atoms with Crippen molar-refractivity contribution in [1.29, 1.82) is 0 Å². The average Bonchev–Trinajstić information content (AvgIpc) is 1.83. The summed E-state index contributed by atoms with van der Waals surface area (Å²) in [5, 5.41) is 12.0. The van der Waals surface area contributed by atoms with Crippen molar-refractivity contribution in [3.8, 4) is 0 Å². The van der Waals surface area contributed by atoms with Crippen LogP contribution in [0.15, 0.2) is 0 Å². The van der Waals surface area contributed by atoms with Crippen LogP contribution >= 0.6 is 0 Å². The van der Waals surface area contributed by atoms with Crippen LogP contribution in [0.4, 0.5) is 0 Å². The van der Waals surface area contributed by atoms with Crippen LogP contribution in [0.3, 0.4) is 0 Å². The Kier molecular flexibility index (Phi) is 2.06.